The number of urea groups is 1. The van der Waals surface area contributed by atoms with Gasteiger partial charge in [0, 0.05) is 5.69 Å². The van der Waals surface area contributed by atoms with Crippen LogP contribution in [0.5, 0.6) is 0 Å². The van der Waals surface area contributed by atoms with Gasteiger partial charge in [-0.1, -0.05) is 32.9 Å². The SMILES string of the molecule is CC[C@]1(C)NC(=O)N(CC(=O)Nc2ccc(C(C)C)cc2)C1=O. The summed E-state index contributed by atoms with van der Waals surface area (Å²) in [5.74, 6) is -0.348. The molecule has 1 aromatic rings. The summed E-state index contributed by atoms with van der Waals surface area (Å²) in [7, 11) is 0. The maximum Gasteiger partial charge on any atom is 0.325 e. The largest absolute Gasteiger partial charge is 0.325 e. The smallest absolute Gasteiger partial charge is 0.325 e. The van der Waals surface area contributed by atoms with Crippen molar-refractivity contribution in [3.05, 3.63) is 29.8 Å². The van der Waals surface area contributed by atoms with Crippen molar-refractivity contribution in [2.75, 3.05) is 11.9 Å². The molecule has 4 amide bonds. The van der Waals surface area contributed by atoms with Crippen LogP contribution in [0.25, 0.3) is 0 Å². The summed E-state index contributed by atoms with van der Waals surface area (Å²) < 4.78 is 0. The van der Waals surface area contributed by atoms with E-state index in [0.717, 1.165) is 4.90 Å². The highest BCUT2D eigenvalue weighted by Crippen LogP contribution is 2.21. The molecule has 1 aromatic carbocycles. The van der Waals surface area contributed by atoms with Crippen LogP contribution in [0.2, 0.25) is 0 Å². The average Bonchev–Trinajstić information content (AvgIpc) is 2.72. The van der Waals surface area contributed by atoms with Gasteiger partial charge < -0.3 is 10.6 Å². The fourth-order valence-corrected chi connectivity index (χ4v) is 2.43. The number of hydrogen-bond donors (Lipinski definition) is 2. The van der Waals surface area contributed by atoms with Crippen LogP contribution >= 0.6 is 0 Å². The Morgan fingerprint density at radius 2 is 1.87 bits per heavy atom. The van der Waals surface area contributed by atoms with E-state index >= 15 is 0 Å². The number of amides is 4. The normalized spacial score (nSPS) is 20.8. The molecular formula is C17H23N3O3. The molecule has 2 N–H and O–H groups in total. The molecule has 6 heteroatoms. The third-order valence-electron chi connectivity index (χ3n) is 4.22. The van der Waals surface area contributed by atoms with Crippen molar-refractivity contribution >= 4 is 23.5 Å². The molecule has 1 aliphatic heterocycles. The van der Waals surface area contributed by atoms with Gasteiger partial charge in [-0.15, -0.1) is 0 Å². The number of nitrogens with zero attached hydrogens (tertiary/aromatic N) is 1. The highest BCUT2D eigenvalue weighted by Gasteiger charge is 2.46. The lowest BCUT2D eigenvalue weighted by atomic mass is 9.99. The summed E-state index contributed by atoms with van der Waals surface area (Å²) in [5, 5.41) is 5.33. The van der Waals surface area contributed by atoms with Crippen LogP contribution < -0.4 is 10.6 Å². The summed E-state index contributed by atoms with van der Waals surface area (Å²) in [6.07, 6.45) is 0.479. The maximum atomic E-state index is 12.2. The maximum absolute atomic E-state index is 12.2. The zero-order valence-corrected chi connectivity index (χ0v) is 14.0. The molecule has 0 spiro atoms. The van der Waals surface area contributed by atoms with Crippen LogP contribution in [0, 0.1) is 0 Å². The third-order valence-corrected chi connectivity index (χ3v) is 4.22. The van der Waals surface area contributed by atoms with Crippen LogP contribution in [0.15, 0.2) is 24.3 Å². The summed E-state index contributed by atoms with van der Waals surface area (Å²) in [6.45, 7) is 7.38. The van der Waals surface area contributed by atoms with Gasteiger partial charge in [0.15, 0.2) is 0 Å². The van der Waals surface area contributed by atoms with Gasteiger partial charge in [-0.05, 0) is 37.0 Å². The van der Waals surface area contributed by atoms with Gasteiger partial charge in [0.2, 0.25) is 5.91 Å². The van der Waals surface area contributed by atoms with E-state index in [9.17, 15) is 14.4 Å². The van der Waals surface area contributed by atoms with Gasteiger partial charge in [0.25, 0.3) is 5.91 Å². The average molecular weight is 317 g/mol. The van der Waals surface area contributed by atoms with Crippen molar-refractivity contribution in [1.82, 2.24) is 10.2 Å². The van der Waals surface area contributed by atoms with Crippen molar-refractivity contribution in [2.45, 2.75) is 45.6 Å². The predicted molar refractivity (Wildman–Crippen MR) is 88.1 cm³/mol. The fourth-order valence-electron chi connectivity index (χ4n) is 2.43. The van der Waals surface area contributed by atoms with Crippen LogP contribution in [0.4, 0.5) is 10.5 Å². The lowest BCUT2D eigenvalue weighted by Crippen LogP contribution is -2.44. The molecule has 1 atom stereocenters. The third kappa shape index (κ3) is 3.52. The van der Waals surface area contributed by atoms with Crippen molar-refractivity contribution < 1.29 is 14.4 Å². The fraction of sp³-hybridized carbons (Fsp3) is 0.471. The monoisotopic (exact) mass is 317 g/mol. The van der Waals surface area contributed by atoms with E-state index in [1.165, 1.54) is 5.56 Å². The van der Waals surface area contributed by atoms with Crippen molar-refractivity contribution in [3.63, 3.8) is 0 Å². The Morgan fingerprint density at radius 3 is 2.35 bits per heavy atom. The molecule has 124 valence electrons. The standard InChI is InChI=1S/C17H23N3O3/c1-5-17(4)15(22)20(16(23)19-17)10-14(21)18-13-8-6-12(7-9-13)11(2)3/h6-9,11H,5,10H2,1-4H3,(H,18,21)(H,19,23)/t17-/m0/s1. The summed E-state index contributed by atoms with van der Waals surface area (Å²) in [5.41, 5.74) is 0.900. The lowest BCUT2D eigenvalue weighted by molar-refractivity contribution is -0.133. The van der Waals surface area contributed by atoms with E-state index in [-0.39, 0.29) is 12.5 Å². The van der Waals surface area contributed by atoms with Gasteiger partial charge >= 0.3 is 6.03 Å². The molecule has 0 unspecified atom stereocenters. The van der Waals surface area contributed by atoms with E-state index in [4.69, 9.17) is 0 Å². The molecule has 0 aliphatic carbocycles. The number of anilines is 1. The minimum Gasteiger partial charge on any atom is -0.325 e. The highest BCUT2D eigenvalue weighted by atomic mass is 16.2. The molecule has 2 rings (SSSR count). The Balaban J connectivity index is 2.00. The second kappa shape index (κ2) is 6.40. The zero-order valence-electron chi connectivity index (χ0n) is 14.0. The molecule has 0 bridgehead atoms. The van der Waals surface area contributed by atoms with Crippen molar-refractivity contribution in [2.24, 2.45) is 0 Å². The molecule has 23 heavy (non-hydrogen) atoms. The van der Waals surface area contributed by atoms with Crippen LogP contribution in [-0.2, 0) is 9.59 Å². The Bertz CT molecular complexity index is 624. The van der Waals surface area contributed by atoms with Gasteiger partial charge in [-0.3, -0.25) is 14.5 Å². The van der Waals surface area contributed by atoms with Gasteiger partial charge in [0.1, 0.15) is 12.1 Å². The topological polar surface area (TPSA) is 78.5 Å². The first kappa shape index (κ1) is 17.0. The predicted octanol–water partition coefficient (Wildman–Crippen LogP) is 2.47. The Morgan fingerprint density at radius 1 is 1.26 bits per heavy atom. The number of imide groups is 1. The van der Waals surface area contributed by atoms with Gasteiger partial charge in [-0.2, -0.15) is 0 Å². The van der Waals surface area contributed by atoms with E-state index in [0.29, 0.717) is 18.0 Å². The van der Waals surface area contributed by atoms with E-state index < -0.39 is 17.5 Å². The minimum atomic E-state index is -0.920. The van der Waals surface area contributed by atoms with Crippen LogP contribution in [0.3, 0.4) is 0 Å². The Labute approximate surface area is 136 Å². The second-order valence-corrected chi connectivity index (χ2v) is 6.33. The molecule has 0 aromatic heterocycles. The first-order valence-electron chi connectivity index (χ1n) is 7.80. The minimum absolute atomic E-state index is 0.286. The van der Waals surface area contributed by atoms with Crippen LogP contribution in [-0.4, -0.2) is 34.8 Å². The molecular weight excluding hydrogens is 294 g/mol. The second-order valence-electron chi connectivity index (χ2n) is 6.33. The number of carbonyl (C=O) groups is 3. The number of benzene rings is 1. The summed E-state index contributed by atoms with van der Waals surface area (Å²) >= 11 is 0. The first-order chi connectivity index (χ1) is 10.8. The number of hydrogen-bond acceptors (Lipinski definition) is 3. The number of nitrogens with one attached hydrogen (secondary N) is 2. The quantitative estimate of drug-likeness (QED) is 0.819. The van der Waals surface area contributed by atoms with Crippen LogP contribution in [0.1, 0.15) is 45.6 Å². The molecule has 1 aliphatic rings. The van der Waals surface area contributed by atoms with Crippen molar-refractivity contribution in [1.29, 1.82) is 0 Å². The molecule has 1 fully saturated rings. The molecule has 0 radical (unpaired) electrons. The van der Waals surface area contributed by atoms with Crippen molar-refractivity contribution in [3.8, 4) is 0 Å². The number of carbonyl (C=O) groups excluding carboxylic acids is 3. The Kier molecular flexibility index (Phi) is 4.73. The summed E-state index contributed by atoms with van der Waals surface area (Å²) in [4.78, 5) is 37.2. The van der Waals surface area contributed by atoms with E-state index in [2.05, 4.69) is 24.5 Å². The molecule has 1 saturated heterocycles. The highest BCUT2D eigenvalue weighted by molar-refractivity contribution is 6.09. The van der Waals surface area contributed by atoms with Gasteiger partial charge in [0.05, 0.1) is 0 Å². The van der Waals surface area contributed by atoms with E-state index in [1.54, 1.807) is 6.92 Å². The molecule has 0 saturated carbocycles. The Hall–Kier alpha value is -2.37. The molecule has 6 nitrogen and oxygen atoms in total. The summed E-state index contributed by atoms with van der Waals surface area (Å²) in [6, 6.07) is 7.00. The number of rotatable bonds is 5. The van der Waals surface area contributed by atoms with Gasteiger partial charge in [-0.25, -0.2) is 4.79 Å². The first-order valence-corrected chi connectivity index (χ1v) is 7.80. The van der Waals surface area contributed by atoms with E-state index in [1.807, 2.05) is 31.2 Å². The molecule has 1 heterocycles. The lowest BCUT2D eigenvalue weighted by Gasteiger charge is -2.19. The zero-order chi connectivity index (χ0) is 17.2.